The third-order valence-corrected chi connectivity index (χ3v) is 4.31. The van der Waals surface area contributed by atoms with Gasteiger partial charge in [0, 0.05) is 11.4 Å². The van der Waals surface area contributed by atoms with Crippen molar-refractivity contribution in [3.63, 3.8) is 0 Å². The van der Waals surface area contributed by atoms with Crippen LogP contribution in [0.5, 0.6) is 0 Å². The number of fused-ring (bicyclic) bond motifs is 1. The average molecular weight is 272 g/mol. The van der Waals surface area contributed by atoms with Gasteiger partial charge in [0.25, 0.3) is 0 Å². The van der Waals surface area contributed by atoms with E-state index in [4.69, 9.17) is 4.42 Å². The van der Waals surface area contributed by atoms with Crippen molar-refractivity contribution >= 4 is 11.0 Å². The van der Waals surface area contributed by atoms with Gasteiger partial charge in [-0.25, -0.2) is 0 Å². The zero-order valence-corrected chi connectivity index (χ0v) is 12.4. The summed E-state index contributed by atoms with van der Waals surface area (Å²) in [6.45, 7) is 4.61. The van der Waals surface area contributed by atoms with Gasteiger partial charge in [-0.3, -0.25) is 0 Å². The van der Waals surface area contributed by atoms with Crippen LogP contribution in [0.1, 0.15) is 38.0 Å². The van der Waals surface area contributed by atoms with Crippen LogP contribution in [-0.2, 0) is 0 Å². The van der Waals surface area contributed by atoms with Crippen LogP contribution in [0, 0.1) is 0 Å². The molecule has 1 aliphatic heterocycles. The van der Waals surface area contributed by atoms with Crippen molar-refractivity contribution in [2.75, 3.05) is 20.1 Å². The largest absolute Gasteiger partial charge is 0.459 e. The summed E-state index contributed by atoms with van der Waals surface area (Å²) in [5.74, 6) is 1.05. The molecule has 1 fully saturated rings. The van der Waals surface area contributed by atoms with Crippen molar-refractivity contribution in [1.29, 1.82) is 0 Å². The van der Waals surface area contributed by atoms with Crippen molar-refractivity contribution in [3.05, 3.63) is 36.1 Å². The van der Waals surface area contributed by atoms with Crippen LogP contribution in [0.4, 0.5) is 0 Å². The minimum atomic E-state index is 0.274. The smallest absolute Gasteiger partial charge is 0.134 e. The van der Waals surface area contributed by atoms with E-state index in [2.05, 4.69) is 42.4 Å². The van der Waals surface area contributed by atoms with Crippen molar-refractivity contribution in [2.45, 2.75) is 38.3 Å². The van der Waals surface area contributed by atoms with Gasteiger partial charge in [-0.2, -0.15) is 0 Å². The topological polar surface area (TPSA) is 28.4 Å². The Morgan fingerprint density at radius 1 is 1.25 bits per heavy atom. The van der Waals surface area contributed by atoms with Crippen LogP contribution in [0.2, 0.25) is 0 Å². The Morgan fingerprint density at radius 3 is 2.95 bits per heavy atom. The minimum absolute atomic E-state index is 0.274. The predicted molar refractivity (Wildman–Crippen MR) is 82.9 cm³/mol. The zero-order valence-electron chi connectivity index (χ0n) is 12.4. The van der Waals surface area contributed by atoms with Gasteiger partial charge in [-0.15, -0.1) is 0 Å². The molecule has 1 aliphatic rings. The van der Waals surface area contributed by atoms with Gasteiger partial charge >= 0.3 is 0 Å². The van der Waals surface area contributed by atoms with Crippen LogP contribution >= 0.6 is 0 Å². The van der Waals surface area contributed by atoms with Crippen LogP contribution in [0.15, 0.2) is 34.7 Å². The fourth-order valence-corrected chi connectivity index (χ4v) is 3.06. The van der Waals surface area contributed by atoms with Gasteiger partial charge in [0.2, 0.25) is 0 Å². The molecule has 1 aromatic heterocycles. The number of likely N-dealkylation sites (tertiary alicyclic amines) is 1. The molecule has 0 bridgehead atoms. The third kappa shape index (κ3) is 3.05. The maximum absolute atomic E-state index is 5.95. The first kappa shape index (κ1) is 13.7. The number of rotatable bonds is 3. The fourth-order valence-electron chi connectivity index (χ4n) is 3.06. The lowest BCUT2D eigenvalue weighted by atomic mass is 10.1. The first-order valence-corrected chi connectivity index (χ1v) is 7.65. The van der Waals surface area contributed by atoms with Gasteiger partial charge in [0.05, 0.1) is 6.04 Å². The van der Waals surface area contributed by atoms with E-state index in [9.17, 15) is 0 Å². The molecular formula is C17H24N2O. The molecule has 0 spiro atoms. The Balaban J connectivity index is 1.67. The summed E-state index contributed by atoms with van der Waals surface area (Å²) >= 11 is 0. The Morgan fingerprint density at radius 2 is 2.10 bits per heavy atom. The molecule has 2 aromatic rings. The van der Waals surface area contributed by atoms with Crippen molar-refractivity contribution in [1.82, 2.24) is 10.2 Å². The molecule has 0 aliphatic carbocycles. The molecule has 2 unspecified atom stereocenters. The number of nitrogens with one attached hydrogen (secondary N) is 1. The maximum atomic E-state index is 5.95. The van der Waals surface area contributed by atoms with Gasteiger partial charge in [0.15, 0.2) is 0 Å². The van der Waals surface area contributed by atoms with E-state index < -0.39 is 0 Å². The molecule has 0 saturated carbocycles. The fraction of sp³-hybridized carbons (Fsp3) is 0.529. The van der Waals surface area contributed by atoms with E-state index in [1.807, 2.05) is 12.1 Å². The summed E-state index contributed by atoms with van der Waals surface area (Å²) in [7, 11) is 2.21. The van der Waals surface area contributed by atoms with Gasteiger partial charge < -0.3 is 14.6 Å². The molecule has 3 rings (SSSR count). The second-order valence-electron chi connectivity index (χ2n) is 6.01. The molecule has 0 amide bonds. The molecule has 3 heteroatoms. The van der Waals surface area contributed by atoms with Crippen LogP contribution < -0.4 is 5.32 Å². The Kier molecular flexibility index (Phi) is 4.08. The highest BCUT2D eigenvalue weighted by Crippen LogP contribution is 2.24. The first-order valence-electron chi connectivity index (χ1n) is 7.65. The second-order valence-corrected chi connectivity index (χ2v) is 6.01. The molecule has 1 aromatic carbocycles. The SMILES string of the molecule is CC(NC1CCCN(C)CC1)c1cc2ccccc2o1. The highest BCUT2D eigenvalue weighted by molar-refractivity contribution is 5.77. The molecule has 1 N–H and O–H groups in total. The summed E-state index contributed by atoms with van der Waals surface area (Å²) in [4.78, 5) is 2.42. The quantitative estimate of drug-likeness (QED) is 0.926. The molecule has 2 heterocycles. The predicted octanol–water partition coefficient (Wildman–Crippen LogP) is 3.57. The normalized spacial score (nSPS) is 22.8. The van der Waals surface area contributed by atoms with Crippen molar-refractivity contribution in [3.8, 4) is 0 Å². The van der Waals surface area contributed by atoms with E-state index in [0.29, 0.717) is 6.04 Å². The van der Waals surface area contributed by atoms with Crippen molar-refractivity contribution in [2.24, 2.45) is 0 Å². The molecule has 108 valence electrons. The number of hydrogen-bond acceptors (Lipinski definition) is 3. The van der Waals surface area contributed by atoms with Crippen LogP contribution in [0.25, 0.3) is 11.0 Å². The monoisotopic (exact) mass is 272 g/mol. The van der Waals surface area contributed by atoms with E-state index >= 15 is 0 Å². The molecule has 20 heavy (non-hydrogen) atoms. The third-order valence-electron chi connectivity index (χ3n) is 4.31. The van der Waals surface area contributed by atoms with Crippen LogP contribution in [-0.4, -0.2) is 31.1 Å². The lowest BCUT2D eigenvalue weighted by molar-refractivity contribution is 0.335. The lowest BCUT2D eigenvalue weighted by Crippen LogP contribution is -2.32. The summed E-state index contributed by atoms with van der Waals surface area (Å²) in [6.07, 6.45) is 3.76. The first-order chi connectivity index (χ1) is 9.72. The Labute approximate surface area is 120 Å². The van der Waals surface area contributed by atoms with E-state index in [0.717, 1.165) is 11.3 Å². The summed E-state index contributed by atoms with van der Waals surface area (Å²) in [5, 5.41) is 4.93. The number of furan rings is 1. The standard InChI is InChI=1S/C17H24N2O/c1-13(18-15-7-5-10-19(2)11-9-15)17-12-14-6-3-4-8-16(14)20-17/h3-4,6,8,12-13,15,18H,5,7,9-11H2,1-2H3. The average Bonchev–Trinajstić information content (AvgIpc) is 2.78. The highest BCUT2D eigenvalue weighted by Gasteiger charge is 2.19. The van der Waals surface area contributed by atoms with Gasteiger partial charge in [-0.1, -0.05) is 18.2 Å². The number of benzene rings is 1. The van der Waals surface area contributed by atoms with Crippen molar-refractivity contribution < 1.29 is 4.42 Å². The molecule has 2 atom stereocenters. The Bertz CT molecular complexity index is 530. The van der Waals surface area contributed by atoms with E-state index in [-0.39, 0.29) is 6.04 Å². The molecule has 0 radical (unpaired) electrons. The molecule has 3 nitrogen and oxygen atoms in total. The van der Waals surface area contributed by atoms with Gasteiger partial charge in [0.1, 0.15) is 11.3 Å². The molecular weight excluding hydrogens is 248 g/mol. The lowest BCUT2D eigenvalue weighted by Gasteiger charge is -2.20. The summed E-state index contributed by atoms with van der Waals surface area (Å²) in [6, 6.07) is 11.3. The van der Waals surface area contributed by atoms with E-state index in [1.165, 1.54) is 37.7 Å². The zero-order chi connectivity index (χ0) is 13.9. The highest BCUT2D eigenvalue weighted by atomic mass is 16.3. The van der Waals surface area contributed by atoms with Gasteiger partial charge in [-0.05, 0) is 58.5 Å². The summed E-state index contributed by atoms with van der Waals surface area (Å²) < 4.78 is 5.95. The minimum Gasteiger partial charge on any atom is -0.459 e. The number of hydrogen-bond donors (Lipinski definition) is 1. The number of para-hydroxylation sites is 1. The maximum Gasteiger partial charge on any atom is 0.134 e. The molecule has 1 saturated heterocycles. The van der Waals surface area contributed by atoms with Crippen LogP contribution in [0.3, 0.4) is 0 Å². The second kappa shape index (κ2) is 5.98. The Hall–Kier alpha value is -1.32. The number of nitrogens with zero attached hydrogens (tertiary/aromatic N) is 1. The summed E-state index contributed by atoms with van der Waals surface area (Å²) in [5.41, 5.74) is 0.983. The van der Waals surface area contributed by atoms with E-state index in [1.54, 1.807) is 0 Å².